The Bertz CT molecular complexity index is 368. The van der Waals surface area contributed by atoms with Gasteiger partial charge in [-0.1, -0.05) is 0 Å². The molecule has 5 heteroatoms. The molecule has 0 aromatic heterocycles. The van der Waals surface area contributed by atoms with Crippen LogP contribution in [0.2, 0.25) is 0 Å². The SMILES string of the molecule is CNCc1cc(F)ccc1OCCC(=O)O. The van der Waals surface area contributed by atoms with E-state index in [9.17, 15) is 9.18 Å². The fraction of sp³-hybridized carbons (Fsp3) is 0.364. The third kappa shape index (κ3) is 3.86. The predicted molar refractivity (Wildman–Crippen MR) is 56.9 cm³/mol. The van der Waals surface area contributed by atoms with Crippen molar-refractivity contribution in [3.05, 3.63) is 29.6 Å². The standard InChI is InChI=1S/C11H14FNO3/c1-13-7-8-6-9(12)2-3-10(8)16-5-4-11(14)15/h2-3,6,13H,4-5,7H2,1H3,(H,14,15). The molecular weight excluding hydrogens is 213 g/mol. The maximum Gasteiger partial charge on any atom is 0.306 e. The zero-order valence-corrected chi connectivity index (χ0v) is 9.00. The maximum atomic E-state index is 12.9. The van der Waals surface area contributed by atoms with Crippen LogP contribution in [0.3, 0.4) is 0 Å². The van der Waals surface area contributed by atoms with Crippen molar-refractivity contribution in [1.82, 2.24) is 5.32 Å². The number of aliphatic carboxylic acids is 1. The van der Waals surface area contributed by atoms with Crippen molar-refractivity contribution in [2.24, 2.45) is 0 Å². The molecule has 2 N–H and O–H groups in total. The molecule has 0 atom stereocenters. The maximum absolute atomic E-state index is 12.9. The van der Waals surface area contributed by atoms with E-state index in [2.05, 4.69) is 5.32 Å². The van der Waals surface area contributed by atoms with Crippen molar-refractivity contribution in [3.63, 3.8) is 0 Å². The molecule has 0 spiro atoms. The van der Waals surface area contributed by atoms with E-state index in [0.717, 1.165) is 0 Å². The second kappa shape index (κ2) is 6.07. The number of ether oxygens (including phenoxy) is 1. The van der Waals surface area contributed by atoms with Gasteiger partial charge in [-0.05, 0) is 25.2 Å². The lowest BCUT2D eigenvalue weighted by molar-refractivity contribution is -0.137. The topological polar surface area (TPSA) is 58.6 Å². The van der Waals surface area contributed by atoms with Gasteiger partial charge in [-0.15, -0.1) is 0 Å². The highest BCUT2D eigenvalue weighted by molar-refractivity contribution is 5.66. The van der Waals surface area contributed by atoms with E-state index in [1.165, 1.54) is 18.2 Å². The molecule has 0 heterocycles. The van der Waals surface area contributed by atoms with Gasteiger partial charge in [0.15, 0.2) is 0 Å². The molecule has 88 valence electrons. The Labute approximate surface area is 93.0 Å². The van der Waals surface area contributed by atoms with Crippen molar-refractivity contribution in [1.29, 1.82) is 0 Å². The first-order valence-corrected chi connectivity index (χ1v) is 4.91. The lowest BCUT2D eigenvalue weighted by Gasteiger charge is -2.10. The molecule has 0 aliphatic rings. The number of carbonyl (C=O) groups is 1. The van der Waals surface area contributed by atoms with Crippen LogP contribution >= 0.6 is 0 Å². The Morgan fingerprint density at radius 3 is 2.94 bits per heavy atom. The lowest BCUT2D eigenvalue weighted by Crippen LogP contribution is -2.10. The smallest absolute Gasteiger partial charge is 0.306 e. The number of carboxylic acid groups (broad SMARTS) is 1. The molecule has 0 aliphatic carbocycles. The Morgan fingerprint density at radius 1 is 1.56 bits per heavy atom. The minimum atomic E-state index is -0.919. The largest absolute Gasteiger partial charge is 0.493 e. The van der Waals surface area contributed by atoms with Crippen LogP contribution in [0.1, 0.15) is 12.0 Å². The van der Waals surface area contributed by atoms with Gasteiger partial charge in [0.05, 0.1) is 13.0 Å². The number of nitrogens with one attached hydrogen (secondary N) is 1. The highest BCUT2D eigenvalue weighted by atomic mass is 19.1. The van der Waals surface area contributed by atoms with E-state index in [0.29, 0.717) is 17.9 Å². The zero-order chi connectivity index (χ0) is 12.0. The molecule has 1 aromatic rings. The molecule has 1 rings (SSSR count). The first-order chi connectivity index (χ1) is 7.63. The Hall–Kier alpha value is -1.62. The third-order valence-corrected chi connectivity index (χ3v) is 1.96. The molecule has 4 nitrogen and oxygen atoms in total. The molecule has 0 aliphatic heterocycles. The fourth-order valence-corrected chi connectivity index (χ4v) is 1.27. The minimum absolute atomic E-state index is 0.0730. The lowest BCUT2D eigenvalue weighted by atomic mass is 10.2. The van der Waals surface area contributed by atoms with E-state index in [1.54, 1.807) is 7.05 Å². The quantitative estimate of drug-likeness (QED) is 0.771. The summed E-state index contributed by atoms with van der Waals surface area (Å²) in [5, 5.41) is 11.3. The van der Waals surface area contributed by atoms with Crippen LogP contribution < -0.4 is 10.1 Å². The van der Waals surface area contributed by atoms with Gasteiger partial charge in [0.1, 0.15) is 11.6 Å². The summed E-state index contributed by atoms with van der Waals surface area (Å²) >= 11 is 0. The molecule has 0 radical (unpaired) electrons. The van der Waals surface area contributed by atoms with Crippen LogP contribution in [0.5, 0.6) is 5.75 Å². The van der Waals surface area contributed by atoms with Gasteiger partial charge >= 0.3 is 5.97 Å². The average molecular weight is 227 g/mol. The molecule has 16 heavy (non-hydrogen) atoms. The van der Waals surface area contributed by atoms with Crippen LogP contribution in [0.4, 0.5) is 4.39 Å². The van der Waals surface area contributed by atoms with Gasteiger partial charge in [0.25, 0.3) is 0 Å². The second-order valence-electron chi connectivity index (χ2n) is 3.27. The zero-order valence-electron chi connectivity index (χ0n) is 9.00. The summed E-state index contributed by atoms with van der Waals surface area (Å²) in [6, 6.07) is 4.16. The van der Waals surface area contributed by atoms with E-state index in [4.69, 9.17) is 9.84 Å². The summed E-state index contributed by atoms with van der Waals surface area (Å²) in [7, 11) is 1.74. The summed E-state index contributed by atoms with van der Waals surface area (Å²) in [6.45, 7) is 0.553. The first kappa shape index (κ1) is 12.4. The summed E-state index contributed by atoms with van der Waals surface area (Å²) in [5.74, 6) is -0.745. The summed E-state index contributed by atoms with van der Waals surface area (Å²) in [6.07, 6.45) is -0.0730. The summed E-state index contributed by atoms with van der Waals surface area (Å²) < 4.78 is 18.2. The van der Waals surface area contributed by atoms with E-state index >= 15 is 0 Å². The van der Waals surface area contributed by atoms with E-state index < -0.39 is 5.97 Å². The van der Waals surface area contributed by atoms with Gasteiger partial charge in [0.2, 0.25) is 0 Å². The Kier molecular flexibility index (Phi) is 4.72. The molecule has 1 aromatic carbocycles. The van der Waals surface area contributed by atoms with Gasteiger partial charge < -0.3 is 15.2 Å². The fourth-order valence-electron chi connectivity index (χ4n) is 1.27. The molecule has 0 unspecified atom stereocenters. The van der Waals surface area contributed by atoms with Crippen molar-refractivity contribution in [3.8, 4) is 5.75 Å². The van der Waals surface area contributed by atoms with Gasteiger partial charge in [-0.2, -0.15) is 0 Å². The number of carboxylic acids is 1. The normalized spacial score (nSPS) is 10.1. The number of rotatable bonds is 6. The van der Waals surface area contributed by atoms with Crippen molar-refractivity contribution < 1.29 is 19.0 Å². The van der Waals surface area contributed by atoms with E-state index in [-0.39, 0.29) is 18.8 Å². The summed E-state index contributed by atoms with van der Waals surface area (Å²) in [5.41, 5.74) is 0.674. The van der Waals surface area contributed by atoms with Gasteiger partial charge in [-0.25, -0.2) is 4.39 Å². The average Bonchev–Trinajstić information content (AvgIpc) is 2.21. The van der Waals surface area contributed by atoms with E-state index in [1.807, 2.05) is 0 Å². The number of hydrogen-bond acceptors (Lipinski definition) is 3. The molecule has 0 fully saturated rings. The number of benzene rings is 1. The molecule has 0 saturated heterocycles. The Balaban J connectivity index is 2.66. The molecule has 0 amide bonds. The molecule has 0 saturated carbocycles. The highest BCUT2D eigenvalue weighted by Gasteiger charge is 2.05. The Morgan fingerprint density at radius 2 is 2.31 bits per heavy atom. The minimum Gasteiger partial charge on any atom is -0.493 e. The first-order valence-electron chi connectivity index (χ1n) is 4.91. The van der Waals surface area contributed by atoms with Crippen LogP contribution in [-0.4, -0.2) is 24.7 Å². The van der Waals surface area contributed by atoms with Crippen LogP contribution in [0.15, 0.2) is 18.2 Å². The number of hydrogen-bond donors (Lipinski definition) is 2. The predicted octanol–water partition coefficient (Wildman–Crippen LogP) is 1.40. The summed E-state index contributed by atoms with van der Waals surface area (Å²) in [4.78, 5) is 10.3. The van der Waals surface area contributed by atoms with Crippen molar-refractivity contribution in [2.45, 2.75) is 13.0 Å². The molecule has 0 bridgehead atoms. The second-order valence-corrected chi connectivity index (χ2v) is 3.27. The molecular formula is C11H14FNO3. The highest BCUT2D eigenvalue weighted by Crippen LogP contribution is 2.19. The number of halogens is 1. The van der Waals surface area contributed by atoms with Crippen molar-refractivity contribution in [2.75, 3.05) is 13.7 Å². The van der Waals surface area contributed by atoms with Gasteiger partial charge in [0, 0.05) is 12.1 Å². The van der Waals surface area contributed by atoms with Gasteiger partial charge in [-0.3, -0.25) is 4.79 Å². The van der Waals surface area contributed by atoms with Crippen LogP contribution in [-0.2, 0) is 11.3 Å². The monoisotopic (exact) mass is 227 g/mol. The van der Waals surface area contributed by atoms with Crippen LogP contribution in [0.25, 0.3) is 0 Å². The van der Waals surface area contributed by atoms with Crippen LogP contribution in [0, 0.1) is 5.82 Å². The third-order valence-electron chi connectivity index (χ3n) is 1.96. The van der Waals surface area contributed by atoms with Crippen molar-refractivity contribution >= 4 is 5.97 Å².